The van der Waals surface area contributed by atoms with Gasteiger partial charge in [0.2, 0.25) is 0 Å². The first kappa shape index (κ1) is 21.7. The standard InChI is InChI=1S/C26H35N3O2/c1-18-22-16-20(19-10-14-29(15-11-19)13-5-12-27-2)6-8-23(22)28-26(18)21-7-9-24(30-3)25(17-21)31-4/h6-9,16-17,19,27-28H,5,10-15H2,1-4H3. The van der Waals surface area contributed by atoms with Crippen molar-refractivity contribution in [3.8, 4) is 22.8 Å². The van der Waals surface area contributed by atoms with E-state index in [-0.39, 0.29) is 0 Å². The Balaban J connectivity index is 1.54. The largest absolute Gasteiger partial charge is 0.493 e. The van der Waals surface area contributed by atoms with Crippen molar-refractivity contribution in [1.82, 2.24) is 15.2 Å². The lowest BCUT2D eigenvalue weighted by molar-refractivity contribution is 0.210. The molecule has 2 N–H and O–H groups in total. The van der Waals surface area contributed by atoms with Crippen LogP contribution < -0.4 is 14.8 Å². The molecule has 0 aliphatic carbocycles. The molecule has 0 amide bonds. The number of aryl methyl sites for hydroxylation is 1. The normalized spacial score (nSPS) is 15.5. The van der Waals surface area contributed by atoms with E-state index in [1.165, 1.54) is 60.9 Å². The maximum Gasteiger partial charge on any atom is 0.161 e. The first-order valence-electron chi connectivity index (χ1n) is 11.4. The minimum atomic E-state index is 0.656. The fourth-order valence-electron chi connectivity index (χ4n) is 4.85. The van der Waals surface area contributed by atoms with Gasteiger partial charge in [0.25, 0.3) is 0 Å². The van der Waals surface area contributed by atoms with Gasteiger partial charge < -0.3 is 24.7 Å². The van der Waals surface area contributed by atoms with Crippen molar-refractivity contribution >= 4 is 10.9 Å². The van der Waals surface area contributed by atoms with Crippen molar-refractivity contribution in [2.24, 2.45) is 0 Å². The minimum Gasteiger partial charge on any atom is -0.493 e. The van der Waals surface area contributed by atoms with E-state index in [0.717, 1.165) is 29.3 Å². The number of rotatable bonds is 8. The summed E-state index contributed by atoms with van der Waals surface area (Å²) in [7, 11) is 5.38. The first-order valence-corrected chi connectivity index (χ1v) is 11.4. The number of likely N-dealkylation sites (tertiary alicyclic amines) is 1. The van der Waals surface area contributed by atoms with Crippen molar-refractivity contribution in [2.75, 3.05) is 47.4 Å². The molecular weight excluding hydrogens is 386 g/mol. The zero-order chi connectivity index (χ0) is 21.8. The molecule has 2 aromatic carbocycles. The summed E-state index contributed by atoms with van der Waals surface area (Å²) < 4.78 is 10.9. The van der Waals surface area contributed by atoms with Crippen LogP contribution in [0, 0.1) is 6.92 Å². The summed E-state index contributed by atoms with van der Waals surface area (Å²) in [6, 6.07) is 13.1. The molecule has 0 atom stereocenters. The average molecular weight is 422 g/mol. The van der Waals surface area contributed by atoms with Crippen LogP contribution in [0.15, 0.2) is 36.4 Å². The minimum absolute atomic E-state index is 0.656. The van der Waals surface area contributed by atoms with Gasteiger partial charge in [0.15, 0.2) is 11.5 Å². The molecule has 2 heterocycles. The summed E-state index contributed by atoms with van der Waals surface area (Å²) in [6.45, 7) is 6.92. The molecule has 0 radical (unpaired) electrons. The number of nitrogens with one attached hydrogen (secondary N) is 2. The van der Waals surface area contributed by atoms with Gasteiger partial charge in [-0.15, -0.1) is 0 Å². The summed E-state index contributed by atoms with van der Waals surface area (Å²) in [5.74, 6) is 2.16. The smallest absolute Gasteiger partial charge is 0.161 e. The van der Waals surface area contributed by atoms with Gasteiger partial charge >= 0.3 is 0 Å². The topological polar surface area (TPSA) is 49.5 Å². The second kappa shape index (κ2) is 9.75. The van der Waals surface area contributed by atoms with Gasteiger partial charge in [0.05, 0.1) is 14.2 Å². The Labute approximate surface area is 185 Å². The molecule has 0 spiro atoms. The molecule has 1 aliphatic heterocycles. The van der Waals surface area contributed by atoms with Crippen LogP contribution in [-0.2, 0) is 0 Å². The van der Waals surface area contributed by atoms with E-state index in [1.807, 2.05) is 19.2 Å². The Hall–Kier alpha value is -2.50. The predicted octanol–water partition coefficient (Wildman–Crippen LogP) is 4.95. The summed E-state index contributed by atoms with van der Waals surface area (Å²) in [5.41, 5.74) is 6.21. The van der Waals surface area contributed by atoms with Crippen molar-refractivity contribution in [3.63, 3.8) is 0 Å². The third-order valence-corrected chi connectivity index (χ3v) is 6.71. The second-order valence-corrected chi connectivity index (χ2v) is 8.57. The molecule has 1 aromatic heterocycles. The van der Waals surface area contributed by atoms with E-state index < -0.39 is 0 Å². The zero-order valence-electron chi connectivity index (χ0n) is 19.3. The van der Waals surface area contributed by atoms with Crippen LogP contribution in [0.2, 0.25) is 0 Å². The molecule has 1 fully saturated rings. The maximum atomic E-state index is 5.50. The van der Waals surface area contributed by atoms with Crippen LogP contribution in [0.3, 0.4) is 0 Å². The molecule has 0 bridgehead atoms. The summed E-state index contributed by atoms with van der Waals surface area (Å²) in [6.07, 6.45) is 3.72. The van der Waals surface area contributed by atoms with Crippen LogP contribution in [-0.4, -0.2) is 57.3 Å². The van der Waals surface area contributed by atoms with Crippen molar-refractivity contribution in [3.05, 3.63) is 47.5 Å². The lowest BCUT2D eigenvalue weighted by Gasteiger charge is -2.32. The molecule has 0 saturated carbocycles. The van der Waals surface area contributed by atoms with Crippen LogP contribution in [0.5, 0.6) is 11.5 Å². The van der Waals surface area contributed by atoms with Crippen LogP contribution in [0.25, 0.3) is 22.2 Å². The lowest BCUT2D eigenvalue weighted by Crippen LogP contribution is -2.34. The number of H-pyrrole nitrogens is 1. The lowest BCUT2D eigenvalue weighted by atomic mass is 9.88. The van der Waals surface area contributed by atoms with Crippen molar-refractivity contribution in [2.45, 2.75) is 32.1 Å². The van der Waals surface area contributed by atoms with Gasteiger partial charge in [-0.2, -0.15) is 0 Å². The van der Waals surface area contributed by atoms with E-state index in [9.17, 15) is 0 Å². The van der Waals surface area contributed by atoms with Gasteiger partial charge in [-0.1, -0.05) is 6.07 Å². The molecule has 4 rings (SSSR count). The molecule has 5 heteroatoms. The monoisotopic (exact) mass is 421 g/mol. The van der Waals surface area contributed by atoms with Crippen molar-refractivity contribution in [1.29, 1.82) is 0 Å². The second-order valence-electron chi connectivity index (χ2n) is 8.57. The Morgan fingerprint density at radius 2 is 1.81 bits per heavy atom. The molecule has 1 saturated heterocycles. The number of methoxy groups -OCH3 is 2. The Kier molecular flexibility index (Phi) is 6.83. The molecule has 31 heavy (non-hydrogen) atoms. The van der Waals surface area contributed by atoms with E-state index in [0.29, 0.717) is 5.92 Å². The van der Waals surface area contributed by atoms with Crippen LogP contribution >= 0.6 is 0 Å². The number of aromatic nitrogens is 1. The van der Waals surface area contributed by atoms with E-state index in [1.54, 1.807) is 14.2 Å². The molecule has 3 aromatic rings. The molecule has 166 valence electrons. The van der Waals surface area contributed by atoms with Crippen molar-refractivity contribution < 1.29 is 9.47 Å². The van der Waals surface area contributed by atoms with Crippen LogP contribution in [0.4, 0.5) is 0 Å². The fraction of sp³-hybridized carbons (Fsp3) is 0.462. The SMILES string of the molecule is CNCCCN1CCC(c2ccc3[nH]c(-c4ccc(OC)c(OC)c4)c(C)c3c2)CC1. The Morgan fingerprint density at radius 3 is 2.52 bits per heavy atom. The number of hydrogen-bond acceptors (Lipinski definition) is 4. The summed E-state index contributed by atoms with van der Waals surface area (Å²) in [5, 5.41) is 4.57. The van der Waals surface area contributed by atoms with Gasteiger partial charge in [-0.25, -0.2) is 0 Å². The molecule has 1 aliphatic rings. The number of benzene rings is 2. The molecular formula is C26H35N3O2. The number of nitrogens with zero attached hydrogens (tertiary/aromatic N) is 1. The highest BCUT2D eigenvalue weighted by Crippen LogP contribution is 2.37. The third-order valence-electron chi connectivity index (χ3n) is 6.71. The van der Waals surface area contributed by atoms with E-state index in [2.05, 4.69) is 46.4 Å². The predicted molar refractivity (Wildman–Crippen MR) is 129 cm³/mol. The van der Waals surface area contributed by atoms with E-state index >= 15 is 0 Å². The summed E-state index contributed by atoms with van der Waals surface area (Å²) >= 11 is 0. The Bertz CT molecular complexity index is 1020. The van der Waals surface area contributed by atoms with E-state index in [4.69, 9.17) is 9.47 Å². The van der Waals surface area contributed by atoms with Crippen LogP contribution in [0.1, 0.15) is 36.3 Å². The van der Waals surface area contributed by atoms with Gasteiger partial charge in [0, 0.05) is 22.2 Å². The fourth-order valence-corrected chi connectivity index (χ4v) is 4.85. The number of aromatic amines is 1. The highest BCUT2D eigenvalue weighted by atomic mass is 16.5. The number of piperidine rings is 1. The highest BCUT2D eigenvalue weighted by molar-refractivity contribution is 5.91. The van der Waals surface area contributed by atoms with Gasteiger partial charge in [-0.05, 0) is 107 Å². The molecule has 5 nitrogen and oxygen atoms in total. The Morgan fingerprint density at radius 1 is 1.03 bits per heavy atom. The number of ether oxygens (including phenoxy) is 2. The quantitative estimate of drug-likeness (QED) is 0.505. The highest BCUT2D eigenvalue weighted by Gasteiger charge is 2.21. The average Bonchev–Trinajstić information content (AvgIpc) is 3.15. The molecule has 0 unspecified atom stereocenters. The number of fused-ring (bicyclic) bond motifs is 1. The van der Waals surface area contributed by atoms with Gasteiger partial charge in [0.1, 0.15) is 0 Å². The summed E-state index contributed by atoms with van der Waals surface area (Å²) in [4.78, 5) is 6.24. The van der Waals surface area contributed by atoms with Gasteiger partial charge in [-0.3, -0.25) is 0 Å². The zero-order valence-corrected chi connectivity index (χ0v) is 19.3. The first-order chi connectivity index (χ1) is 15.1. The maximum absolute atomic E-state index is 5.50. The number of hydrogen-bond donors (Lipinski definition) is 2. The third kappa shape index (κ3) is 4.58.